The lowest BCUT2D eigenvalue weighted by Gasteiger charge is -2.40. The Hall–Kier alpha value is -2.27. The SMILES string of the molecule is Cc1cc(C(=O)NNC(=O)C2(c3cccc(Cl)c3)CCC2)c(C)o1. The number of hydrazine groups is 1. The van der Waals surface area contributed by atoms with Crippen LogP contribution in [0.4, 0.5) is 0 Å². The molecule has 1 aromatic carbocycles. The van der Waals surface area contributed by atoms with Crippen LogP contribution < -0.4 is 10.9 Å². The van der Waals surface area contributed by atoms with E-state index < -0.39 is 11.3 Å². The number of amides is 2. The normalized spacial score (nSPS) is 15.5. The van der Waals surface area contributed by atoms with Gasteiger partial charge in [0.05, 0.1) is 11.0 Å². The van der Waals surface area contributed by atoms with Crippen molar-refractivity contribution in [2.24, 2.45) is 0 Å². The van der Waals surface area contributed by atoms with Gasteiger partial charge < -0.3 is 4.42 Å². The van der Waals surface area contributed by atoms with Crippen molar-refractivity contribution in [2.45, 2.75) is 38.5 Å². The molecule has 0 saturated heterocycles. The summed E-state index contributed by atoms with van der Waals surface area (Å²) in [5.41, 5.74) is 5.70. The van der Waals surface area contributed by atoms with Gasteiger partial charge in [-0.25, -0.2) is 0 Å². The highest BCUT2D eigenvalue weighted by Gasteiger charge is 2.45. The number of carbonyl (C=O) groups is 2. The maximum absolute atomic E-state index is 12.7. The Kier molecular flexibility index (Phi) is 4.37. The molecule has 24 heavy (non-hydrogen) atoms. The molecule has 1 saturated carbocycles. The zero-order chi connectivity index (χ0) is 17.3. The topological polar surface area (TPSA) is 71.3 Å². The number of nitrogens with one attached hydrogen (secondary N) is 2. The Morgan fingerprint density at radius 3 is 2.46 bits per heavy atom. The first-order valence-corrected chi connectivity index (χ1v) is 8.24. The van der Waals surface area contributed by atoms with E-state index in [1.165, 1.54) is 0 Å². The van der Waals surface area contributed by atoms with E-state index in [2.05, 4.69) is 10.9 Å². The summed E-state index contributed by atoms with van der Waals surface area (Å²) in [5, 5.41) is 0.597. The highest BCUT2D eigenvalue weighted by atomic mass is 35.5. The highest BCUT2D eigenvalue weighted by Crippen LogP contribution is 2.44. The van der Waals surface area contributed by atoms with E-state index in [1.807, 2.05) is 18.2 Å². The lowest BCUT2D eigenvalue weighted by Crippen LogP contribution is -2.54. The van der Waals surface area contributed by atoms with Gasteiger partial charge in [-0.05, 0) is 50.5 Å². The number of carbonyl (C=O) groups excluding carboxylic acids is 2. The summed E-state index contributed by atoms with van der Waals surface area (Å²) in [5.74, 6) is 0.561. The van der Waals surface area contributed by atoms with Gasteiger partial charge in [0.1, 0.15) is 11.5 Å². The van der Waals surface area contributed by atoms with Gasteiger partial charge in [0.15, 0.2) is 0 Å². The second-order valence-electron chi connectivity index (χ2n) is 6.18. The maximum atomic E-state index is 12.7. The van der Waals surface area contributed by atoms with E-state index in [0.29, 0.717) is 22.1 Å². The van der Waals surface area contributed by atoms with Gasteiger partial charge in [-0.3, -0.25) is 20.4 Å². The number of hydrogen-bond acceptors (Lipinski definition) is 3. The van der Waals surface area contributed by atoms with Crippen LogP contribution in [-0.4, -0.2) is 11.8 Å². The first-order valence-electron chi connectivity index (χ1n) is 7.86. The number of furan rings is 1. The van der Waals surface area contributed by atoms with Crippen molar-refractivity contribution < 1.29 is 14.0 Å². The fraction of sp³-hybridized carbons (Fsp3) is 0.333. The molecule has 0 atom stereocenters. The van der Waals surface area contributed by atoms with Crippen LogP contribution in [0.2, 0.25) is 5.02 Å². The minimum Gasteiger partial charge on any atom is -0.466 e. The smallest absolute Gasteiger partial charge is 0.273 e. The third-order valence-corrected chi connectivity index (χ3v) is 4.83. The summed E-state index contributed by atoms with van der Waals surface area (Å²) in [6, 6.07) is 8.97. The lowest BCUT2D eigenvalue weighted by atomic mass is 9.64. The molecule has 2 amide bonds. The lowest BCUT2D eigenvalue weighted by molar-refractivity contribution is -0.130. The molecule has 2 aromatic rings. The van der Waals surface area contributed by atoms with Crippen LogP contribution in [0, 0.1) is 13.8 Å². The largest absolute Gasteiger partial charge is 0.466 e. The van der Waals surface area contributed by atoms with Crippen molar-refractivity contribution in [3.05, 3.63) is 58.0 Å². The van der Waals surface area contributed by atoms with Gasteiger partial charge in [-0.15, -0.1) is 0 Å². The first kappa shape index (κ1) is 16.6. The maximum Gasteiger partial charge on any atom is 0.273 e. The molecule has 1 fully saturated rings. The fourth-order valence-electron chi connectivity index (χ4n) is 3.12. The van der Waals surface area contributed by atoms with Gasteiger partial charge in [0.25, 0.3) is 5.91 Å². The van der Waals surface area contributed by atoms with Crippen LogP contribution >= 0.6 is 11.6 Å². The van der Waals surface area contributed by atoms with Crippen molar-refractivity contribution in [1.29, 1.82) is 0 Å². The van der Waals surface area contributed by atoms with Crippen LogP contribution in [0.5, 0.6) is 0 Å². The fourth-order valence-corrected chi connectivity index (χ4v) is 3.31. The number of halogens is 1. The molecule has 6 heteroatoms. The molecule has 3 rings (SSSR count). The number of hydrogen-bond donors (Lipinski definition) is 2. The van der Waals surface area contributed by atoms with Crippen molar-refractivity contribution in [3.63, 3.8) is 0 Å². The Labute approximate surface area is 145 Å². The van der Waals surface area contributed by atoms with E-state index in [-0.39, 0.29) is 5.91 Å². The predicted octanol–water partition coefficient (Wildman–Crippen LogP) is 3.43. The number of aryl methyl sites for hydroxylation is 2. The zero-order valence-corrected chi connectivity index (χ0v) is 14.4. The quantitative estimate of drug-likeness (QED) is 0.836. The Balaban J connectivity index is 1.72. The van der Waals surface area contributed by atoms with Crippen LogP contribution in [-0.2, 0) is 10.2 Å². The molecular weight excluding hydrogens is 328 g/mol. The molecule has 0 aliphatic heterocycles. The molecule has 1 aliphatic carbocycles. The predicted molar refractivity (Wildman–Crippen MR) is 90.8 cm³/mol. The third kappa shape index (κ3) is 2.91. The summed E-state index contributed by atoms with van der Waals surface area (Å²) in [7, 11) is 0. The van der Waals surface area contributed by atoms with Crippen molar-refractivity contribution in [3.8, 4) is 0 Å². The molecule has 2 N–H and O–H groups in total. The second kappa shape index (κ2) is 6.32. The Morgan fingerprint density at radius 2 is 1.92 bits per heavy atom. The number of rotatable bonds is 3. The van der Waals surface area contributed by atoms with E-state index in [0.717, 1.165) is 24.8 Å². The summed E-state index contributed by atoms with van der Waals surface area (Å²) < 4.78 is 5.34. The monoisotopic (exact) mass is 346 g/mol. The average Bonchev–Trinajstić information content (AvgIpc) is 2.82. The minimum absolute atomic E-state index is 0.220. The zero-order valence-electron chi connectivity index (χ0n) is 13.6. The summed E-state index contributed by atoms with van der Waals surface area (Å²) in [6.45, 7) is 3.48. The Morgan fingerprint density at radius 1 is 1.17 bits per heavy atom. The molecule has 0 unspecified atom stereocenters. The minimum atomic E-state index is -0.625. The summed E-state index contributed by atoms with van der Waals surface area (Å²) in [4.78, 5) is 24.9. The van der Waals surface area contributed by atoms with Crippen LogP contribution in [0.15, 0.2) is 34.7 Å². The van der Waals surface area contributed by atoms with E-state index in [4.69, 9.17) is 16.0 Å². The molecule has 1 heterocycles. The van der Waals surface area contributed by atoms with E-state index >= 15 is 0 Å². The Bertz CT molecular complexity index is 793. The van der Waals surface area contributed by atoms with E-state index in [1.54, 1.807) is 26.0 Å². The van der Waals surface area contributed by atoms with Crippen molar-refractivity contribution >= 4 is 23.4 Å². The first-order chi connectivity index (χ1) is 11.4. The van der Waals surface area contributed by atoms with Crippen LogP contribution in [0.1, 0.15) is 46.7 Å². The molecule has 0 bridgehead atoms. The van der Waals surface area contributed by atoms with Gasteiger partial charge in [0.2, 0.25) is 5.91 Å². The molecule has 126 valence electrons. The van der Waals surface area contributed by atoms with Crippen LogP contribution in [0.25, 0.3) is 0 Å². The summed E-state index contributed by atoms with van der Waals surface area (Å²) in [6.07, 6.45) is 2.44. The highest BCUT2D eigenvalue weighted by molar-refractivity contribution is 6.30. The molecule has 0 spiro atoms. The average molecular weight is 347 g/mol. The van der Waals surface area contributed by atoms with Gasteiger partial charge in [0, 0.05) is 5.02 Å². The molecule has 5 nitrogen and oxygen atoms in total. The molecule has 1 aliphatic rings. The molecule has 0 radical (unpaired) electrons. The van der Waals surface area contributed by atoms with E-state index in [9.17, 15) is 9.59 Å². The molecule has 1 aromatic heterocycles. The van der Waals surface area contributed by atoms with Crippen molar-refractivity contribution in [2.75, 3.05) is 0 Å². The molecular formula is C18H19ClN2O3. The van der Waals surface area contributed by atoms with Gasteiger partial charge in [-0.2, -0.15) is 0 Å². The number of benzene rings is 1. The van der Waals surface area contributed by atoms with Gasteiger partial charge >= 0.3 is 0 Å². The summed E-state index contributed by atoms with van der Waals surface area (Å²) >= 11 is 6.05. The third-order valence-electron chi connectivity index (χ3n) is 4.59. The van der Waals surface area contributed by atoms with Crippen LogP contribution in [0.3, 0.4) is 0 Å². The standard InChI is InChI=1S/C18H19ClN2O3/c1-11-9-15(12(2)24-11)16(22)20-21-17(23)18(7-4-8-18)13-5-3-6-14(19)10-13/h3,5-6,9-10H,4,7-8H2,1-2H3,(H,20,22)(H,21,23). The van der Waals surface area contributed by atoms with Gasteiger partial charge in [-0.1, -0.05) is 30.2 Å². The second-order valence-corrected chi connectivity index (χ2v) is 6.62. The van der Waals surface area contributed by atoms with Crippen molar-refractivity contribution in [1.82, 2.24) is 10.9 Å².